The number of aliphatic hydroxyl groups excluding tert-OH is 1. The maximum Gasteiger partial charge on any atom is 0.416 e. The maximum absolute atomic E-state index is 13.0. The summed E-state index contributed by atoms with van der Waals surface area (Å²) in [5.41, 5.74) is -3.26. The van der Waals surface area contributed by atoms with Crippen molar-refractivity contribution in [2.24, 2.45) is 0 Å². The molecular formula is C19H20F6N2O4S. The Morgan fingerprint density at radius 3 is 1.97 bits per heavy atom. The Balaban J connectivity index is 2.22. The van der Waals surface area contributed by atoms with Gasteiger partial charge in [0.25, 0.3) is 0 Å². The van der Waals surface area contributed by atoms with Crippen LogP contribution in [0.25, 0.3) is 0 Å². The molecule has 2 atom stereocenters. The molecule has 2 rings (SSSR count). The number of hydrogen-bond donors (Lipinski definition) is 4. The van der Waals surface area contributed by atoms with Crippen LogP contribution in [0.2, 0.25) is 0 Å². The van der Waals surface area contributed by atoms with Gasteiger partial charge >= 0.3 is 12.4 Å². The molecular weight excluding hydrogens is 466 g/mol. The summed E-state index contributed by atoms with van der Waals surface area (Å²) in [5, 5.41) is 22.9. The largest absolute Gasteiger partial charge is 0.506 e. The number of aromatic hydroxyl groups is 1. The Morgan fingerprint density at radius 1 is 0.969 bits per heavy atom. The average molecular weight is 486 g/mol. The first-order valence-corrected chi connectivity index (χ1v) is 10.9. The molecule has 0 heterocycles. The number of phenolic OH excluding ortho intramolecular Hbond substituents is 1. The van der Waals surface area contributed by atoms with Gasteiger partial charge in [0.1, 0.15) is 5.75 Å². The lowest BCUT2D eigenvalue weighted by molar-refractivity contribution is -0.143. The predicted octanol–water partition coefficient (Wildman–Crippen LogP) is 4.01. The van der Waals surface area contributed by atoms with Crippen LogP contribution in [-0.2, 0) is 28.9 Å². The summed E-state index contributed by atoms with van der Waals surface area (Å²) in [6, 6.07) is 3.89. The van der Waals surface area contributed by atoms with E-state index in [4.69, 9.17) is 0 Å². The number of sulfonamides is 1. The fraction of sp³-hybridized carbons (Fsp3) is 0.368. The Kier molecular flexibility index (Phi) is 7.37. The summed E-state index contributed by atoms with van der Waals surface area (Å²) in [5.74, 6) is -0.407. The number of phenols is 1. The van der Waals surface area contributed by atoms with Crippen molar-refractivity contribution in [1.29, 1.82) is 0 Å². The van der Waals surface area contributed by atoms with Crippen molar-refractivity contribution in [2.45, 2.75) is 38.0 Å². The maximum atomic E-state index is 13.0. The molecule has 2 aromatic rings. The lowest BCUT2D eigenvalue weighted by Crippen LogP contribution is -2.32. The third-order valence-electron chi connectivity index (χ3n) is 4.41. The van der Waals surface area contributed by atoms with Crippen LogP contribution in [0.5, 0.6) is 5.75 Å². The second kappa shape index (κ2) is 9.16. The van der Waals surface area contributed by atoms with Gasteiger partial charge in [-0.25, -0.2) is 8.42 Å². The van der Waals surface area contributed by atoms with Crippen molar-refractivity contribution >= 4 is 15.7 Å². The first-order chi connectivity index (χ1) is 14.5. The first kappa shape index (κ1) is 25.7. The quantitative estimate of drug-likeness (QED) is 0.350. The van der Waals surface area contributed by atoms with Crippen LogP contribution in [0.3, 0.4) is 0 Å². The second-order valence-corrected chi connectivity index (χ2v) is 8.93. The van der Waals surface area contributed by atoms with Gasteiger partial charge < -0.3 is 15.5 Å². The van der Waals surface area contributed by atoms with Gasteiger partial charge in [-0.1, -0.05) is 6.07 Å². The summed E-state index contributed by atoms with van der Waals surface area (Å²) in [6.45, 7) is 1.01. The minimum atomic E-state index is -4.98. The smallest absolute Gasteiger partial charge is 0.416 e. The van der Waals surface area contributed by atoms with E-state index in [9.17, 15) is 45.0 Å². The standard InChI is InChI=1S/C19H20F6N2O4S/c1-10(17(29)12-3-4-16(28)15(7-12)27-32(2,30)31)26-9-11-5-13(18(20,21)22)8-14(6-11)19(23,24)25/h3-8,10,17,26-29H,9H2,1-2H3/t10-,17-/m0/s1. The number of aliphatic hydroxyl groups is 1. The number of rotatable bonds is 7. The number of anilines is 1. The molecule has 0 aliphatic rings. The Labute approximate surface area is 179 Å². The van der Waals surface area contributed by atoms with E-state index in [2.05, 4.69) is 10.0 Å². The van der Waals surface area contributed by atoms with Crippen LogP contribution in [0, 0.1) is 0 Å². The molecule has 6 nitrogen and oxygen atoms in total. The van der Waals surface area contributed by atoms with Gasteiger partial charge in [-0.2, -0.15) is 26.3 Å². The van der Waals surface area contributed by atoms with Crippen molar-refractivity contribution in [3.63, 3.8) is 0 Å². The zero-order chi connectivity index (χ0) is 24.5. The van der Waals surface area contributed by atoms with E-state index >= 15 is 0 Å². The lowest BCUT2D eigenvalue weighted by Gasteiger charge is -2.22. The molecule has 0 aromatic heterocycles. The monoisotopic (exact) mass is 486 g/mol. The Bertz CT molecular complexity index is 1040. The van der Waals surface area contributed by atoms with Crippen LogP contribution in [0.4, 0.5) is 32.0 Å². The van der Waals surface area contributed by atoms with Gasteiger partial charge in [-0.05, 0) is 48.4 Å². The van der Waals surface area contributed by atoms with Crippen LogP contribution >= 0.6 is 0 Å². The van der Waals surface area contributed by atoms with Crippen LogP contribution in [0.15, 0.2) is 36.4 Å². The van der Waals surface area contributed by atoms with Crippen LogP contribution < -0.4 is 10.0 Å². The molecule has 0 aliphatic carbocycles. The van der Waals surface area contributed by atoms with Crippen molar-refractivity contribution in [3.05, 3.63) is 58.7 Å². The summed E-state index contributed by atoms with van der Waals surface area (Å²) >= 11 is 0. The van der Waals surface area contributed by atoms with E-state index in [1.807, 2.05) is 0 Å². The molecule has 178 valence electrons. The molecule has 32 heavy (non-hydrogen) atoms. The summed E-state index contributed by atoms with van der Waals surface area (Å²) in [6.07, 6.45) is -10.4. The highest BCUT2D eigenvalue weighted by atomic mass is 32.2. The molecule has 0 amide bonds. The third-order valence-corrected chi connectivity index (χ3v) is 5.00. The molecule has 2 aromatic carbocycles. The van der Waals surface area contributed by atoms with E-state index in [0.717, 1.165) is 18.4 Å². The average Bonchev–Trinajstić information content (AvgIpc) is 2.64. The number of benzene rings is 2. The van der Waals surface area contributed by atoms with Crippen LogP contribution in [0.1, 0.15) is 35.3 Å². The van der Waals surface area contributed by atoms with Gasteiger partial charge in [-0.3, -0.25) is 4.72 Å². The molecule has 0 radical (unpaired) electrons. The zero-order valence-corrected chi connectivity index (χ0v) is 17.5. The molecule has 0 fully saturated rings. The van der Waals surface area contributed by atoms with E-state index in [1.165, 1.54) is 13.0 Å². The summed E-state index contributed by atoms with van der Waals surface area (Å²) in [7, 11) is -3.73. The SMILES string of the molecule is C[C@H](NCc1cc(C(F)(F)F)cc(C(F)(F)F)c1)[C@H](O)c1ccc(O)c(NS(C)(=O)=O)c1. The van der Waals surface area contributed by atoms with E-state index in [0.29, 0.717) is 12.1 Å². The van der Waals surface area contributed by atoms with Crippen LogP contribution in [-0.4, -0.2) is 30.9 Å². The van der Waals surface area contributed by atoms with Crippen molar-refractivity contribution in [2.75, 3.05) is 11.0 Å². The Hall–Kier alpha value is -2.51. The zero-order valence-electron chi connectivity index (χ0n) is 16.7. The predicted molar refractivity (Wildman–Crippen MR) is 104 cm³/mol. The molecule has 0 saturated carbocycles. The van der Waals surface area contributed by atoms with Gasteiger partial charge in [-0.15, -0.1) is 0 Å². The topological polar surface area (TPSA) is 98.7 Å². The molecule has 0 bridgehead atoms. The third kappa shape index (κ3) is 7.00. The molecule has 13 heteroatoms. The Morgan fingerprint density at radius 2 is 1.50 bits per heavy atom. The number of nitrogens with one attached hydrogen (secondary N) is 2. The highest BCUT2D eigenvalue weighted by Gasteiger charge is 2.36. The molecule has 0 saturated heterocycles. The van der Waals surface area contributed by atoms with E-state index in [-0.39, 0.29) is 22.9 Å². The lowest BCUT2D eigenvalue weighted by atomic mass is 10.0. The van der Waals surface area contributed by atoms with Gasteiger partial charge in [0.15, 0.2) is 0 Å². The van der Waals surface area contributed by atoms with E-state index < -0.39 is 57.9 Å². The van der Waals surface area contributed by atoms with E-state index in [1.54, 1.807) is 0 Å². The summed E-state index contributed by atoms with van der Waals surface area (Å²) in [4.78, 5) is 0. The molecule has 0 spiro atoms. The van der Waals surface area contributed by atoms with Crippen molar-refractivity contribution in [1.82, 2.24) is 5.32 Å². The molecule has 0 unspecified atom stereocenters. The van der Waals surface area contributed by atoms with Gasteiger partial charge in [0.2, 0.25) is 10.0 Å². The van der Waals surface area contributed by atoms with Crippen molar-refractivity contribution in [3.8, 4) is 5.75 Å². The minimum absolute atomic E-state index is 0.0224. The van der Waals surface area contributed by atoms with Gasteiger partial charge in [0, 0.05) is 12.6 Å². The summed E-state index contributed by atoms with van der Waals surface area (Å²) < 4.78 is 103. The minimum Gasteiger partial charge on any atom is -0.506 e. The van der Waals surface area contributed by atoms with Crippen molar-refractivity contribution < 1.29 is 45.0 Å². The number of halogens is 6. The molecule has 4 N–H and O–H groups in total. The normalized spacial score (nSPS) is 14.8. The highest BCUT2D eigenvalue weighted by molar-refractivity contribution is 7.92. The first-order valence-electron chi connectivity index (χ1n) is 8.98. The second-order valence-electron chi connectivity index (χ2n) is 7.18. The molecule has 0 aliphatic heterocycles. The fourth-order valence-electron chi connectivity index (χ4n) is 2.82. The number of hydrogen-bond acceptors (Lipinski definition) is 5. The number of alkyl halides is 6. The fourth-order valence-corrected chi connectivity index (χ4v) is 3.38. The van der Waals surface area contributed by atoms with Gasteiger partial charge in [0.05, 0.1) is 29.2 Å². The highest BCUT2D eigenvalue weighted by Crippen LogP contribution is 2.36.